The Balaban J connectivity index is 1.87. The lowest BCUT2D eigenvalue weighted by molar-refractivity contribution is 0.155. The molecule has 0 aromatic heterocycles. The highest BCUT2D eigenvalue weighted by Gasteiger charge is 2.07. The van der Waals surface area contributed by atoms with Gasteiger partial charge >= 0.3 is 6.09 Å². The second kappa shape index (κ2) is 7.99. The van der Waals surface area contributed by atoms with Crippen LogP contribution >= 0.6 is 0 Å². The number of ether oxygens (including phenoxy) is 1. The monoisotopic (exact) mass is 304 g/mol. The summed E-state index contributed by atoms with van der Waals surface area (Å²) in [7, 11) is 0. The molecule has 0 atom stereocenters. The fourth-order valence-electron chi connectivity index (χ4n) is 1.80. The molecule has 0 heterocycles. The first-order chi connectivity index (χ1) is 10.7. The van der Waals surface area contributed by atoms with Gasteiger partial charge in [-0.2, -0.15) is 0 Å². The minimum absolute atomic E-state index is 0.0920. The van der Waals surface area contributed by atoms with Crippen molar-refractivity contribution in [2.24, 2.45) is 0 Å². The fourth-order valence-corrected chi connectivity index (χ4v) is 1.80. The summed E-state index contributed by atoms with van der Waals surface area (Å²) in [5, 5.41) is 13.9. The third kappa shape index (κ3) is 4.75. The van der Waals surface area contributed by atoms with Crippen LogP contribution in [0.4, 0.5) is 20.6 Å². The second-order valence-electron chi connectivity index (χ2n) is 4.53. The van der Waals surface area contributed by atoms with Gasteiger partial charge in [0.1, 0.15) is 12.4 Å². The largest absolute Gasteiger partial charge is 0.444 e. The smallest absolute Gasteiger partial charge is 0.411 e. The van der Waals surface area contributed by atoms with Crippen molar-refractivity contribution >= 4 is 17.5 Å². The standard InChI is InChI=1S/C16H17FN2O3/c17-14-10-13(6-7-15(14)18-8-9-20)19-16(21)22-11-12-4-2-1-3-5-12/h1-7,10,18,20H,8-9,11H2,(H,19,21). The van der Waals surface area contributed by atoms with E-state index in [-0.39, 0.29) is 25.4 Å². The highest BCUT2D eigenvalue weighted by Crippen LogP contribution is 2.19. The van der Waals surface area contributed by atoms with Gasteiger partial charge in [-0.05, 0) is 23.8 Å². The maximum atomic E-state index is 13.7. The molecule has 0 saturated heterocycles. The maximum absolute atomic E-state index is 13.7. The van der Waals surface area contributed by atoms with Crippen LogP contribution in [0.25, 0.3) is 0 Å². The minimum Gasteiger partial charge on any atom is -0.444 e. The van der Waals surface area contributed by atoms with Crippen molar-refractivity contribution in [1.82, 2.24) is 0 Å². The molecule has 2 aromatic rings. The van der Waals surface area contributed by atoms with Gasteiger partial charge in [-0.3, -0.25) is 5.32 Å². The molecule has 2 rings (SSSR count). The fraction of sp³-hybridized carbons (Fsp3) is 0.188. The van der Waals surface area contributed by atoms with Crippen molar-refractivity contribution in [2.75, 3.05) is 23.8 Å². The number of carbonyl (C=O) groups excluding carboxylic acids is 1. The number of anilines is 2. The Bertz CT molecular complexity index is 620. The predicted octanol–water partition coefficient (Wildman–Crippen LogP) is 2.98. The number of amides is 1. The first kappa shape index (κ1) is 15.8. The van der Waals surface area contributed by atoms with Crippen LogP contribution in [0.1, 0.15) is 5.56 Å². The van der Waals surface area contributed by atoms with Gasteiger partial charge in [-0.25, -0.2) is 9.18 Å². The van der Waals surface area contributed by atoms with E-state index in [0.717, 1.165) is 5.56 Å². The van der Waals surface area contributed by atoms with Crippen LogP contribution in [0, 0.1) is 5.82 Å². The highest BCUT2D eigenvalue weighted by molar-refractivity contribution is 5.84. The predicted molar refractivity (Wildman–Crippen MR) is 82.2 cm³/mol. The summed E-state index contributed by atoms with van der Waals surface area (Å²) in [5.74, 6) is -0.519. The number of nitrogens with one attached hydrogen (secondary N) is 2. The molecule has 0 saturated carbocycles. The molecule has 2 aromatic carbocycles. The molecule has 0 aliphatic carbocycles. The summed E-state index contributed by atoms with van der Waals surface area (Å²) < 4.78 is 18.8. The minimum atomic E-state index is -0.653. The Morgan fingerprint density at radius 2 is 1.95 bits per heavy atom. The molecule has 0 fully saturated rings. The van der Waals surface area contributed by atoms with Gasteiger partial charge in [0, 0.05) is 12.2 Å². The van der Waals surface area contributed by atoms with E-state index in [2.05, 4.69) is 10.6 Å². The van der Waals surface area contributed by atoms with Crippen LogP contribution in [0.15, 0.2) is 48.5 Å². The SMILES string of the molecule is O=C(Nc1ccc(NCCO)c(F)c1)OCc1ccccc1. The number of benzene rings is 2. The molecule has 116 valence electrons. The number of hydrogen-bond acceptors (Lipinski definition) is 4. The molecule has 5 nitrogen and oxygen atoms in total. The lowest BCUT2D eigenvalue weighted by Crippen LogP contribution is -2.14. The van der Waals surface area contributed by atoms with Gasteiger partial charge in [0.15, 0.2) is 0 Å². The number of aliphatic hydroxyl groups excluding tert-OH is 1. The normalized spacial score (nSPS) is 10.1. The lowest BCUT2D eigenvalue weighted by atomic mass is 10.2. The van der Waals surface area contributed by atoms with Gasteiger partial charge in [-0.1, -0.05) is 30.3 Å². The van der Waals surface area contributed by atoms with E-state index in [9.17, 15) is 9.18 Å². The second-order valence-corrected chi connectivity index (χ2v) is 4.53. The number of aliphatic hydroxyl groups is 1. The van der Waals surface area contributed by atoms with Crippen molar-refractivity contribution in [3.05, 3.63) is 59.9 Å². The van der Waals surface area contributed by atoms with Crippen LogP contribution in [0.2, 0.25) is 0 Å². The Hall–Kier alpha value is -2.60. The van der Waals surface area contributed by atoms with Crippen molar-refractivity contribution in [3.8, 4) is 0 Å². The molecule has 6 heteroatoms. The van der Waals surface area contributed by atoms with Crippen LogP contribution in [-0.4, -0.2) is 24.4 Å². The zero-order valence-electron chi connectivity index (χ0n) is 11.9. The number of carbonyl (C=O) groups is 1. The molecule has 0 aliphatic rings. The van der Waals surface area contributed by atoms with Crippen molar-refractivity contribution in [2.45, 2.75) is 6.61 Å². The summed E-state index contributed by atoms with van der Waals surface area (Å²) in [5.41, 5.74) is 1.43. The third-order valence-electron chi connectivity index (χ3n) is 2.86. The molecule has 0 radical (unpaired) electrons. The maximum Gasteiger partial charge on any atom is 0.411 e. The van der Waals surface area contributed by atoms with E-state index in [0.29, 0.717) is 5.69 Å². The third-order valence-corrected chi connectivity index (χ3v) is 2.86. The first-order valence-electron chi connectivity index (χ1n) is 6.81. The molecule has 0 bridgehead atoms. The molecule has 0 aliphatic heterocycles. The quantitative estimate of drug-likeness (QED) is 0.767. The topological polar surface area (TPSA) is 70.6 Å². The van der Waals surface area contributed by atoms with Gasteiger partial charge in [0.25, 0.3) is 0 Å². The Labute approximate surface area is 127 Å². The van der Waals surface area contributed by atoms with E-state index in [1.54, 1.807) is 6.07 Å². The van der Waals surface area contributed by atoms with Crippen LogP contribution in [0.5, 0.6) is 0 Å². The summed E-state index contributed by atoms with van der Waals surface area (Å²) in [6.45, 7) is 0.305. The summed E-state index contributed by atoms with van der Waals surface area (Å²) in [6, 6.07) is 13.5. The molecule has 3 N–H and O–H groups in total. The van der Waals surface area contributed by atoms with Crippen molar-refractivity contribution in [1.29, 1.82) is 0 Å². The van der Waals surface area contributed by atoms with E-state index in [1.165, 1.54) is 12.1 Å². The number of halogens is 1. The van der Waals surface area contributed by atoms with Gasteiger partial charge in [0.05, 0.1) is 12.3 Å². The van der Waals surface area contributed by atoms with E-state index in [1.807, 2.05) is 30.3 Å². The zero-order chi connectivity index (χ0) is 15.8. The van der Waals surface area contributed by atoms with Gasteiger partial charge < -0.3 is 15.2 Å². The van der Waals surface area contributed by atoms with Crippen LogP contribution in [-0.2, 0) is 11.3 Å². The number of rotatable bonds is 6. The molecule has 0 spiro atoms. The average Bonchev–Trinajstić information content (AvgIpc) is 2.53. The Kier molecular flexibility index (Phi) is 5.73. The van der Waals surface area contributed by atoms with Crippen LogP contribution in [0.3, 0.4) is 0 Å². The lowest BCUT2D eigenvalue weighted by Gasteiger charge is -2.10. The number of hydrogen-bond donors (Lipinski definition) is 3. The Morgan fingerprint density at radius 1 is 1.18 bits per heavy atom. The molecular weight excluding hydrogens is 287 g/mol. The average molecular weight is 304 g/mol. The van der Waals surface area contributed by atoms with E-state index < -0.39 is 11.9 Å². The molecular formula is C16H17FN2O3. The summed E-state index contributed by atoms with van der Waals surface area (Å²) in [4.78, 5) is 11.6. The van der Waals surface area contributed by atoms with Crippen molar-refractivity contribution < 1.29 is 19.0 Å². The molecule has 0 unspecified atom stereocenters. The summed E-state index contributed by atoms with van der Waals surface area (Å²) >= 11 is 0. The van der Waals surface area contributed by atoms with Crippen molar-refractivity contribution in [3.63, 3.8) is 0 Å². The first-order valence-corrected chi connectivity index (χ1v) is 6.81. The van der Waals surface area contributed by atoms with Crippen LogP contribution < -0.4 is 10.6 Å². The van der Waals surface area contributed by atoms with E-state index >= 15 is 0 Å². The molecule has 1 amide bonds. The molecule has 22 heavy (non-hydrogen) atoms. The van der Waals surface area contributed by atoms with Gasteiger partial charge in [0.2, 0.25) is 0 Å². The van der Waals surface area contributed by atoms with Gasteiger partial charge in [-0.15, -0.1) is 0 Å². The zero-order valence-corrected chi connectivity index (χ0v) is 11.9. The Morgan fingerprint density at radius 3 is 2.64 bits per heavy atom. The summed E-state index contributed by atoms with van der Waals surface area (Å²) in [6.07, 6.45) is -0.653. The highest BCUT2D eigenvalue weighted by atomic mass is 19.1. The van der Waals surface area contributed by atoms with E-state index in [4.69, 9.17) is 9.84 Å².